The predicted octanol–water partition coefficient (Wildman–Crippen LogP) is 4.99. The van der Waals surface area contributed by atoms with Crippen LogP contribution in [-0.4, -0.2) is 28.5 Å². The fraction of sp³-hybridized carbons (Fsp3) is 0.632. The van der Waals surface area contributed by atoms with Crippen LogP contribution >= 0.6 is 11.6 Å². The van der Waals surface area contributed by atoms with E-state index in [0.29, 0.717) is 5.02 Å². The molecular formula is C19H28ClNO2. The molecule has 0 N–H and O–H groups in total. The molecule has 2 rings (SSSR count). The molecular weight excluding hydrogens is 310 g/mol. The van der Waals surface area contributed by atoms with Crippen molar-refractivity contribution in [1.82, 2.24) is 4.90 Å². The van der Waals surface area contributed by atoms with Gasteiger partial charge in [-0.3, -0.25) is 4.79 Å². The highest BCUT2D eigenvalue weighted by Crippen LogP contribution is 2.54. The lowest BCUT2D eigenvalue weighted by Crippen LogP contribution is -2.49. The van der Waals surface area contributed by atoms with Crippen LogP contribution in [0.5, 0.6) is 0 Å². The van der Waals surface area contributed by atoms with Gasteiger partial charge in [0.1, 0.15) is 6.10 Å². The van der Waals surface area contributed by atoms with Crippen LogP contribution in [0.1, 0.15) is 65.5 Å². The number of unbranched alkanes of at least 4 members (excludes halogenated alkanes) is 1. The number of carbonyl (C=O) groups is 1. The van der Waals surface area contributed by atoms with E-state index in [1.165, 1.54) is 0 Å². The van der Waals surface area contributed by atoms with E-state index in [-0.39, 0.29) is 24.1 Å². The van der Waals surface area contributed by atoms with Crippen LogP contribution < -0.4 is 0 Å². The minimum atomic E-state index is -0.696. The van der Waals surface area contributed by atoms with Crippen molar-refractivity contribution in [2.75, 3.05) is 0 Å². The minimum Gasteiger partial charge on any atom is -0.350 e. The smallest absolute Gasteiger partial charge is 0.258 e. The Morgan fingerprint density at radius 1 is 1.22 bits per heavy atom. The van der Waals surface area contributed by atoms with Gasteiger partial charge in [-0.1, -0.05) is 43.5 Å². The molecule has 128 valence electrons. The summed E-state index contributed by atoms with van der Waals surface area (Å²) in [4.78, 5) is 15.2. The molecule has 0 aliphatic carbocycles. The number of benzene rings is 1. The molecule has 3 nitrogen and oxygen atoms in total. The van der Waals surface area contributed by atoms with Crippen molar-refractivity contribution in [2.24, 2.45) is 0 Å². The summed E-state index contributed by atoms with van der Waals surface area (Å²) in [6.07, 6.45) is 2.65. The van der Waals surface area contributed by atoms with Gasteiger partial charge in [-0.05, 0) is 51.8 Å². The third kappa shape index (κ3) is 3.72. The normalized spacial score (nSPS) is 23.4. The van der Waals surface area contributed by atoms with Crippen molar-refractivity contribution in [2.45, 2.75) is 77.7 Å². The fourth-order valence-corrected chi connectivity index (χ4v) is 3.46. The minimum absolute atomic E-state index is 0.121. The topological polar surface area (TPSA) is 32.8 Å². The van der Waals surface area contributed by atoms with Gasteiger partial charge in [-0.15, -0.1) is 0 Å². The van der Waals surface area contributed by atoms with E-state index in [4.69, 9.17) is 16.3 Å². The molecule has 23 heavy (non-hydrogen) atoms. The zero-order chi connectivity index (χ0) is 17.2. The first-order valence-corrected chi connectivity index (χ1v) is 8.97. The lowest BCUT2D eigenvalue weighted by molar-refractivity contribution is -0.141. The second kappa shape index (κ2) is 7.23. The second-order valence-corrected chi connectivity index (χ2v) is 7.38. The first-order valence-electron chi connectivity index (χ1n) is 8.59. The SMILES string of the molecule is CCCC[C@]1(C(=O)N(C(C)C)C(C)C)O[C@H]1c1ccc(Cl)cc1. The Bertz CT molecular complexity index is 533. The van der Waals surface area contributed by atoms with Crippen molar-refractivity contribution in [3.05, 3.63) is 34.9 Å². The molecule has 2 atom stereocenters. The number of halogens is 1. The highest BCUT2D eigenvalue weighted by molar-refractivity contribution is 6.30. The van der Waals surface area contributed by atoms with Crippen LogP contribution in [0.3, 0.4) is 0 Å². The molecule has 1 aromatic rings. The zero-order valence-electron chi connectivity index (χ0n) is 14.8. The molecule has 1 heterocycles. The number of hydrogen-bond acceptors (Lipinski definition) is 2. The maximum absolute atomic E-state index is 13.2. The van der Waals surface area contributed by atoms with Gasteiger partial charge in [0.25, 0.3) is 5.91 Å². The number of hydrogen-bond donors (Lipinski definition) is 0. The van der Waals surface area contributed by atoms with Crippen LogP contribution in [0, 0.1) is 0 Å². The largest absolute Gasteiger partial charge is 0.350 e. The van der Waals surface area contributed by atoms with Crippen LogP contribution in [-0.2, 0) is 9.53 Å². The Morgan fingerprint density at radius 2 is 1.78 bits per heavy atom. The number of epoxide rings is 1. The maximum atomic E-state index is 13.2. The third-order valence-corrected chi connectivity index (χ3v) is 4.73. The summed E-state index contributed by atoms with van der Waals surface area (Å²) in [6.45, 7) is 10.4. The van der Waals surface area contributed by atoms with Gasteiger partial charge < -0.3 is 9.64 Å². The standard InChI is InChI=1S/C19H28ClNO2/c1-6-7-12-19(18(22)21(13(2)3)14(4)5)17(23-19)15-8-10-16(20)11-9-15/h8-11,13-14,17H,6-7,12H2,1-5H3/t17-,19-/m0/s1. The van der Waals surface area contributed by atoms with E-state index >= 15 is 0 Å². The van der Waals surface area contributed by atoms with E-state index in [2.05, 4.69) is 34.6 Å². The summed E-state index contributed by atoms with van der Waals surface area (Å²) < 4.78 is 6.04. The Morgan fingerprint density at radius 3 is 2.26 bits per heavy atom. The Labute approximate surface area is 145 Å². The van der Waals surface area contributed by atoms with Gasteiger partial charge >= 0.3 is 0 Å². The van der Waals surface area contributed by atoms with E-state index in [1.807, 2.05) is 29.2 Å². The van der Waals surface area contributed by atoms with E-state index in [9.17, 15) is 4.79 Å². The predicted molar refractivity (Wildman–Crippen MR) is 94.7 cm³/mol. The summed E-state index contributed by atoms with van der Waals surface area (Å²) in [5, 5.41) is 0.700. The average Bonchev–Trinajstić information content (AvgIpc) is 3.21. The van der Waals surface area contributed by atoms with Gasteiger partial charge in [-0.2, -0.15) is 0 Å². The second-order valence-electron chi connectivity index (χ2n) is 6.94. The van der Waals surface area contributed by atoms with Gasteiger partial charge in [0, 0.05) is 17.1 Å². The van der Waals surface area contributed by atoms with Gasteiger partial charge in [0.2, 0.25) is 0 Å². The molecule has 1 fully saturated rings. The summed E-state index contributed by atoms with van der Waals surface area (Å²) in [7, 11) is 0. The lowest BCUT2D eigenvalue weighted by atomic mass is 9.91. The molecule has 1 saturated heterocycles. The molecule has 0 aromatic heterocycles. The van der Waals surface area contributed by atoms with Crippen molar-refractivity contribution in [1.29, 1.82) is 0 Å². The number of nitrogens with zero attached hydrogens (tertiary/aromatic N) is 1. The summed E-state index contributed by atoms with van der Waals surface area (Å²) in [5.41, 5.74) is 0.338. The fourth-order valence-electron chi connectivity index (χ4n) is 3.33. The maximum Gasteiger partial charge on any atom is 0.258 e. The van der Waals surface area contributed by atoms with E-state index in [0.717, 1.165) is 24.8 Å². The lowest BCUT2D eigenvalue weighted by Gasteiger charge is -2.33. The zero-order valence-corrected chi connectivity index (χ0v) is 15.6. The third-order valence-electron chi connectivity index (χ3n) is 4.48. The van der Waals surface area contributed by atoms with Gasteiger partial charge in [0.15, 0.2) is 5.60 Å². The van der Waals surface area contributed by atoms with Crippen LogP contribution in [0.4, 0.5) is 0 Å². The number of rotatable bonds is 7. The van der Waals surface area contributed by atoms with E-state index < -0.39 is 5.60 Å². The van der Waals surface area contributed by atoms with Gasteiger partial charge in [-0.25, -0.2) is 0 Å². The number of amides is 1. The van der Waals surface area contributed by atoms with Crippen molar-refractivity contribution in [3.63, 3.8) is 0 Å². The monoisotopic (exact) mass is 337 g/mol. The number of carbonyl (C=O) groups excluding carboxylic acids is 1. The molecule has 0 radical (unpaired) electrons. The molecule has 1 amide bonds. The van der Waals surface area contributed by atoms with Crippen molar-refractivity contribution in [3.8, 4) is 0 Å². The van der Waals surface area contributed by atoms with Gasteiger partial charge in [0.05, 0.1) is 0 Å². The highest BCUT2D eigenvalue weighted by atomic mass is 35.5. The molecule has 4 heteroatoms. The molecule has 0 unspecified atom stereocenters. The van der Waals surface area contributed by atoms with Crippen molar-refractivity contribution >= 4 is 17.5 Å². The summed E-state index contributed by atoms with van der Waals surface area (Å²) in [6, 6.07) is 7.96. The quantitative estimate of drug-likeness (QED) is 0.657. The molecule has 0 saturated carbocycles. The van der Waals surface area contributed by atoms with Crippen LogP contribution in [0.15, 0.2) is 24.3 Å². The first-order chi connectivity index (χ1) is 10.8. The Kier molecular flexibility index (Phi) is 5.74. The first kappa shape index (κ1) is 18.3. The van der Waals surface area contributed by atoms with Crippen molar-refractivity contribution < 1.29 is 9.53 Å². The summed E-state index contributed by atoms with van der Waals surface area (Å²) >= 11 is 5.97. The average molecular weight is 338 g/mol. The van der Waals surface area contributed by atoms with Crippen LogP contribution in [0.25, 0.3) is 0 Å². The molecule has 1 aromatic carbocycles. The van der Waals surface area contributed by atoms with E-state index in [1.54, 1.807) is 0 Å². The molecule has 0 bridgehead atoms. The molecule has 1 aliphatic rings. The highest BCUT2D eigenvalue weighted by Gasteiger charge is 2.63. The Hall–Kier alpha value is -1.06. The number of ether oxygens (including phenoxy) is 1. The molecule has 1 aliphatic heterocycles. The summed E-state index contributed by atoms with van der Waals surface area (Å²) in [5.74, 6) is 0.121. The Balaban J connectivity index is 2.27. The van der Waals surface area contributed by atoms with Crippen LogP contribution in [0.2, 0.25) is 5.02 Å². The molecule has 0 spiro atoms.